The van der Waals surface area contributed by atoms with Gasteiger partial charge in [-0.05, 0) is 37.3 Å². The first-order chi connectivity index (χ1) is 10.7. The van der Waals surface area contributed by atoms with E-state index in [9.17, 15) is 4.79 Å². The molecule has 1 fully saturated rings. The highest BCUT2D eigenvalue weighted by Gasteiger charge is 2.17. The van der Waals surface area contributed by atoms with Crippen LogP contribution in [-0.2, 0) is 16.0 Å². The average molecular weight is 300 g/mol. The fourth-order valence-corrected chi connectivity index (χ4v) is 3.07. The Morgan fingerprint density at radius 1 is 1.36 bits per heavy atom. The van der Waals surface area contributed by atoms with Gasteiger partial charge in [0.05, 0.1) is 12.5 Å². The Morgan fingerprint density at radius 3 is 3.05 bits per heavy atom. The standard InChI is InChI=1S/C18H24N2O2/c1-20(10-9-15-6-4-5-11-22-15)18(21)12-14-13-19-17-8-3-2-7-16(14)17/h2-3,7-8,13,15,19H,4-6,9-12H2,1H3. The van der Waals surface area contributed by atoms with Gasteiger partial charge >= 0.3 is 0 Å². The SMILES string of the molecule is CN(CCC1CCCCO1)C(=O)Cc1c[nH]c2ccccc12. The highest BCUT2D eigenvalue weighted by atomic mass is 16.5. The summed E-state index contributed by atoms with van der Waals surface area (Å²) in [5.74, 6) is 0.167. The maximum atomic E-state index is 12.4. The topological polar surface area (TPSA) is 45.3 Å². The van der Waals surface area contributed by atoms with Gasteiger partial charge in [-0.2, -0.15) is 0 Å². The Morgan fingerprint density at radius 2 is 2.23 bits per heavy atom. The van der Waals surface area contributed by atoms with E-state index >= 15 is 0 Å². The van der Waals surface area contributed by atoms with Gasteiger partial charge in [0.1, 0.15) is 0 Å². The van der Waals surface area contributed by atoms with Crippen molar-refractivity contribution in [2.24, 2.45) is 0 Å². The molecule has 0 bridgehead atoms. The monoisotopic (exact) mass is 300 g/mol. The summed E-state index contributed by atoms with van der Waals surface area (Å²) in [4.78, 5) is 17.5. The van der Waals surface area contributed by atoms with Gasteiger partial charge in [0.25, 0.3) is 0 Å². The Balaban J connectivity index is 1.54. The molecule has 0 radical (unpaired) electrons. The lowest BCUT2D eigenvalue weighted by Crippen LogP contribution is -2.32. The van der Waals surface area contributed by atoms with Crippen LogP contribution in [-0.4, -0.2) is 42.1 Å². The number of fused-ring (bicyclic) bond motifs is 1. The number of benzene rings is 1. The minimum Gasteiger partial charge on any atom is -0.378 e. The van der Waals surface area contributed by atoms with Crippen molar-refractivity contribution in [3.63, 3.8) is 0 Å². The molecular formula is C18H24N2O2. The van der Waals surface area contributed by atoms with Gasteiger partial charge < -0.3 is 14.6 Å². The van der Waals surface area contributed by atoms with Crippen molar-refractivity contribution < 1.29 is 9.53 Å². The largest absolute Gasteiger partial charge is 0.378 e. The van der Waals surface area contributed by atoms with E-state index in [2.05, 4.69) is 11.1 Å². The van der Waals surface area contributed by atoms with Crippen molar-refractivity contribution in [2.45, 2.75) is 38.2 Å². The molecule has 0 aliphatic carbocycles. The molecule has 22 heavy (non-hydrogen) atoms. The number of likely N-dealkylation sites (N-methyl/N-ethyl adjacent to an activating group) is 1. The smallest absolute Gasteiger partial charge is 0.226 e. The normalized spacial score (nSPS) is 18.5. The molecule has 1 saturated heterocycles. The van der Waals surface area contributed by atoms with Crippen LogP contribution in [0.3, 0.4) is 0 Å². The van der Waals surface area contributed by atoms with E-state index in [1.807, 2.05) is 36.3 Å². The zero-order chi connectivity index (χ0) is 15.4. The number of rotatable bonds is 5. The van der Waals surface area contributed by atoms with E-state index in [0.717, 1.165) is 42.5 Å². The first kappa shape index (κ1) is 15.1. The summed E-state index contributed by atoms with van der Waals surface area (Å²) in [5, 5.41) is 1.14. The summed E-state index contributed by atoms with van der Waals surface area (Å²) in [5.41, 5.74) is 2.16. The van der Waals surface area contributed by atoms with Crippen LogP contribution >= 0.6 is 0 Å². The number of aromatic nitrogens is 1. The van der Waals surface area contributed by atoms with Crippen LogP contribution in [0.25, 0.3) is 10.9 Å². The van der Waals surface area contributed by atoms with Crippen LogP contribution in [0.2, 0.25) is 0 Å². The summed E-state index contributed by atoms with van der Waals surface area (Å²) < 4.78 is 5.73. The van der Waals surface area contributed by atoms with Crippen molar-refractivity contribution in [1.29, 1.82) is 0 Å². The second-order valence-corrected chi connectivity index (χ2v) is 6.13. The van der Waals surface area contributed by atoms with E-state index < -0.39 is 0 Å². The third-order valence-electron chi connectivity index (χ3n) is 4.50. The molecular weight excluding hydrogens is 276 g/mol. The summed E-state index contributed by atoms with van der Waals surface area (Å²) in [6.45, 7) is 1.64. The quantitative estimate of drug-likeness (QED) is 0.922. The molecule has 2 heterocycles. The maximum absolute atomic E-state index is 12.4. The number of amides is 1. The lowest BCUT2D eigenvalue weighted by Gasteiger charge is -2.25. The van der Waals surface area contributed by atoms with E-state index in [4.69, 9.17) is 4.74 Å². The molecule has 1 N–H and O–H groups in total. The van der Waals surface area contributed by atoms with Crippen LogP contribution in [0.15, 0.2) is 30.5 Å². The van der Waals surface area contributed by atoms with Crippen LogP contribution < -0.4 is 0 Å². The molecule has 1 aromatic heterocycles. The molecule has 4 nitrogen and oxygen atoms in total. The number of nitrogens with one attached hydrogen (secondary N) is 1. The predicted octanol–water partition coefficient (Wildman–Crippen LogP) is 3.13. The molecule has 1 atom stereocenters. The first-order valence-electron chi connectivity index (χ1n) is 8.14. The number of para-hydroxylation sites is 1. The van der Waals surface area contributed by atoms with Crippen molar-refractivity contribution in [1.82, 2.24) is 9.88 Å². The average Bonchev–Trinajstić information content (AvgIpc) is 2.97. The first-order valence-corrected chi connectivity index (χ1v) is 8.14. The van der Waals surface area contributed by atoms with Gasteiger partial charge in [-0.15, -0.1) is 0 Å². The van der Waals surface area contributed by atoms with Crippen LogP contribution in [0.4, 0.5) is 0 Å². The molecule has 1 aromatic carbocycles. The Bertz CT molecular complexity index is 629. The molecule has 1 aliphatic heterocycles. The third kappa shape index (κ3) is 3.50. The number of hydrogen-bond acceptors (Lipinski definition) is 2. The molecule has 1 unspecified atom stereocenters. The molecule has 0 spiro atoms. The number of H-pyrrole nitrogens is 1. The fourth-order valence-electron chi connectivity index (χ4n) is 3.07. The molecule has 1 amide bonds. The molecule has 4 heteroatoms. The highest BCUT2D eigenvalue weighted by molar-refractivity contribution is 5.88. The summed E-state index contributed by atoms with van der Waals surface area (Å²) in [6.07, 6.45) is 7.22. The van der Waals surface area contributed by atoms with Crippen molar-refractivity contribution in [3.05, 3.63) is 36.0 Å². The molecule has 118 valence electrons. The third-order valence-corrected chi connectivity index (χ3v) is 4.50. The molecule has 3 rings (SSSR count). The highest BCUT2D eigenvalue weighted by Crippen LogP contribution is 2.19. The zero-order valence-electron chi connectivity index (χ0n) is 13.2. The van der Waals surface area contributed by atoms with E-state index in [1.54, 1.807) is 0 Å². The van der Waals surface area contributed by atoms with E-state index in [-0.39, 0.29) is 5.91 Å². The van der Waals surface area contributed by atoms with Gasteiger partial charge in [0.15, 0.2) is 0 Å². The molecule has 0 saturated carbocycles. The minimum absolute atomic E-state index is 0.167. The van der Waals surface area contributed by atoms with Crippen molar-refractivity contribution in [2.75, 3.05) is 20.2 Å². The van der Waals surface area contributed by atoms with Crippen molar-refractivity contribution in [3.8, 4) is 0 Å². The van der Waals surface area contributed by atoms with E-state index in [0.29, 0.717) is 12.5 Å². The second-order valence-electron chi connectivity index (χ2n) is 6.13. The van der Waals surface area contributed by atoms with Crippen LogP contribution in [0, 0.1) is 0 Å². The summed E-state index contributed by atoms with van der Waals surface area (Å²) in [7, 11) is 1.89. The van der Waals surface area contributed by atoms with Crippen molar-refractivity contribution >= 4 is 16.8 Å². The minimum atomic E-state index is 0.167. The van der Waals surface area contributed by atoms with Gasteiger partial charge in [0, 0.05) is 37.3 Å². The van der Waals surface area contributed by atoms with E-state index in [1.165, 1.54) is 12.8 Å². The lowest BCUT2D eigenvalue weighted by molar-refractivity contribution is -0.129. The zero-order valence-corrected chi connectivity index (χ0v) is 13.2. The van der Waals surface area contributed by atoms with Crippen LogP contribution in [0.5, 0.6) is 0 Å². The summed E-state index contributed by atoms with van der Waals surface area (Å²) >= 11 is 0. The van der Waals surface area contributed by atoms with Gasteiger partial charge in [0.2, 0.25) is 5.91 Å². The number of hydrogen-bond donors (Lipinski definition) is 1. The molecule has 2 aromatic rings. The van der Waals surface area contributed by atoms with Gasteiger partial charge in [-0.1, -0.05) is 18.2 Å². The number of nitrogens with zero attached hydrogens (tertiary/aromatic N) is 1. The number of carbonyl (C=O) groups excluding carboxylic acids is 1. The number of carbonyl (C=O) groups is 1. The number of ether oxygens (including phenoxy) is 1. The summed E-state index contributed by atoms with van der Waals surface area (Å²) in [6, 6.07) is 8.10. The fraction of sp³-hybridized carbons (Fsp3) is 0.500. The Hall–Kier alpha value is -1.81. The maximum Gasteiger partial charge on any atom is 0.226 e. The predicted molar refractivity (Wildman–Crippen MR) is 87.8 cm³/mol. The van der Waals surface area contributed by atoms with Gasteiger partial charge in [-0.3, -0.25) is 4.79 Å². The van der Waals surface area contributed by atoms with Gasteiger partial charge in [-0.25, -0.2) is 0 Å². The second kappa shape index (κ2) is 6.97. The number of aromatic amines is 1. The molecule has 1 aliphatic rings. The Labute approximate surface area is 131 Å². The van der Waals surface area contributed by atoms with Crippen LogP contribution in [0.1, 0.15) is 31.2 Å². The lowest BCUT2D eigenvalue weighted by atomic mass is 10.1. The Kier molecular flexibility index (Phi) is 4.78.